The molecule has 3 rings (SSSR count). The third kappa shape index (κ3) is 5.94. The van der Waals surface area contributed by atoms with Gasteiger partial charge in [0.1, 0.15) is 6.54 Å². The van der Waals surface area contributed by atoms with Gasteiger partial charge in [-0.1, -0.05) is 36.6 Å². The molecule has 0 aromatic heterocycles. The number of nitrogens with one attached hydrogen (secondary N) is 1. The Hall–Kier alpha value is -2.67. The molecule has 7 heteroatoms. The number of sulfonamides is 1. The SMILES string of the molecule is Cc1ccc(S(=O)(=O)N(CC(=O)NN=C2CCCCCC2)c2ccc(C)c(C)c2)cc1. The van der Waals surface area contributed by atoms with Crippen molar-refractivity contribution in [1.29, 1.82) is 0 Å². The molecule has 0 bridgehead atoms. The van der Waals surface area contributed by atoms with Gasteiger partial charge < -0.3 is 0 Å². The number of amides is 1. The van der Waals surface area contributed by atoms with Crippen molar-refractivity contribution in [3.63, 3.8) is 0 Å². The van der Waals surface area contributed by atoms with E-state index in [9.17, 15) is 13.2 Å². The average Bonchev–Trinajstić information content (AvgIpc) is 3.02. The first-order chi connectivity index (χ1) is 14.8. The second-order valence-electron chi connectivity index (χ2n) is 8.22. The first kappa shape index (κ1) is 23.0. The first-order valence-electron chi connectivity index (χ1n) is 10.8. The van der Waals surface area contributed by atoms with Gasteiger partial charge in [0.25, 0.3) is 15.9 Å². The fourth-order valence-corrected chi connectivity index (χ4v) is 5.00. The van der Waals surface area contributed by atoms with E-state index in [4.69, 9.17) is 0 Å². The van der Waals surface area contributed by atoms with Crippen LogP contribution in [0.15, 0.2) is 52.5 Å². The van der Waals surface area contributed by atoms with Gasteiger partial charge in [0, 0.05) is 5.71 Å². The van der Waals surface area contributed by atoms with Crippen LogP contribution in [0.1, 0.15) is 55.2 Å². The number of nitrogens with zero attached hydrogens (tertiary/aromatic N) is 2. The van der Waals surface area contributed by atoms with Crippen LogP contribution >= 0.6 is 0 Å². The Morgan fingerprint density at radius 1 is 0.935 bits per heavy atom. The molecule has 1 N–H and O–H groups in total. The monoisotopic (exact) mass is 441 g/mol. The second kappa shape index (κ2) is 10.1. The van der Waals surface area contributed by atoms with E-state index in [2.05, 4.69) is 10.5 Å². The third-order valence-electron chi connectivity index (χ3n) is 5.69. The molecule has 1 aliphatic carbocycles. The van der Waals surface area contributed by atoms with Crippen molar-refractivity contribution >= 4 is 27.3 Å². The lowest BCUT2D eigenvalue weighted by atomic mass is 10.1. The van der Waals surface area contributed by atoms with E-state index in [0.717, 1.165) is 52.4 Å². The molecule has 0 heterocycles. The molecule has 2 aromatic rings. The highest BCUT2D eigenvalue weighted by Crippen LogP contribution is 2.26. The summed E-state index contributed by atoms with van der Waals surface area (Å²) >= 11 is 0. The summed E-state index contributed by atoms with van der Waals surface area (Å²) in [4.78, 5) is 12.9. The molecule has 1 aliphatic rings. The highest BCUT2D eigenvalue weighted by atomic mass is 32.2. The van der Waals surface area contributed by atoms with E-state index < -0.39 is 15.9 Å². The minimum absolute atomic E-state index is 0.152. The minimum atomic E-state index is -3.92. The van der Waals surface area contributed by atoms with Crippen molar-refractivity contribution in [1.82, 2.24) is 5.43 Å². The van der Waals surface area contributed by atoms with E-state index in [1.165, 1.54) is 12.8 Å². The smallest absolute Gasteiger partial charge is 0.264 e. The lowest BCUT2D eigenvalue weighted by Gasteiger charge is -2.24. The van der Waals surface area contributed by atoms with Crippen LogP contribution in [0.5, 0.6) is 0 Å². The van der Waals surface area contributed by atoms with Crippen LogP contribution in [-0.4, -0.2) is 26.6 Å². The van der Waals surface area contributed by atoms with Gasteiger partial charge in [0.15, 0.2) is 0 Å². The maximum absolute atomic E-state index is 13.4. The Kier molecular flexibility index (Phi) is 7.49. The fraction of sp³-hybridized carbons (Fsp3) is 0.417. The summed E-state index contributed by atoms with van der Waals surface area (Å²) in [5.41, 5.74) is 7.00. The van der Waals surface area contributed by atoms with Gasteiger partial charge in [-0.2, -0.15) is 5.10 Å². The van der Waals surface area contributed by atoms with E-state index in [-0.39, 0.29) is 11.4 Å². The molecule has 1 amide bonds. The summed E-state index contributed by atoms with van der Waals surface area (Å²) in [6.07, 6.45) is 6.27. The largest absolute Gasteiger partial charge is 0.271 e. The Morgan fingerprint density at radius 2 is 1.58 bits per heavy atom. The van der Waals surface area contributed by atoms with E-state index in [1.54, 1.807) is 36.4 Å². The van der Waals surface area contributed by atoms with Gasteiger partial charge in [-0.25, -0.2) is 13.8 Å². The Balaban J connectivity index is 1.88. The minimum Gasteiger partial charge on any atom is -0.271 e. The molecule has 0 saturated heterocycles. The summed E-state index contributed by atoms with van der Waals surface area (Å²) in [6, 6.07) is 12.0. The number of hydrogen-bond donors (Lipinski definition) is 1. The van der Waals surface area contributed by atoms with Crippen LogP contribution in [-0.2, 0) is 14.8 Å². The molecule has 0 radical (unpaired) electrons. The molecule has 166 valence electrons. The molecule has 2 aromatic carbocycles. The number of carbonyl (C=O) groups excluding carboxylic acids is 1. The number of rotatable bonds is 6. The Labute approximate surface area is 185 Å². The van der Waals surface area contributed by atoms with Crippen LogP contribution in [0.2, 0.25) is 0 Å². The molecular formula is C24H31N3O3S. The van der Waals surface area contributed by atoms with Crippen LogP contribution in [0, 0.1) is 20.8 Å². The number of carbonyl (C=O) groups is 1. The van der Waals surface area contributed by atoms with E-state index >= 15 is 0 Å². The van der Waals surface area contributed by atoms with Gasteiger partial charge in [0.2, 0.25) is 0 Å². The number of anilines is 1. The topological polar surface area (TPSA) is 78.8 Å². The zero-order valence-corrected chi connectivity index (χ0v) is 19.3. The molecule has 1 saturated carbocycles. The van der Waals surface area contributed by atoms with Crippen molar-refractivity contribution in [2.24, 2.45) is 5.10 Å². The number of aryl methyl sites for hydroxylation is 3. The summed E-state index contributed by atoms with van der Waals surface area (Å²) < 4.78 is 28.0. The highest BCUT2D eigenvalue weighted by molar-refractivity contribution is 7.92. The standard InChI is InChI=1S/C24H31N3O3S/c1-18-10-14-23(15-11-18)31(29,30)27(22-13-12-19(2)20(3)16-22)17-24(28)26-25-21-8-6-4-5-7-9-21/h10-16H,4-9,17H2,1-3H3,(H,26,28). The average molecular weight is 442 g/mol. The number of hydrazone groups is 1. The van der Waals surface area contributed by atoms with Crippen molar-refractivity contribution in [2.75, 3.05) is 10.8 Å². The van der Waals surface area contributed by atoms with Gasteiger partial charge >= 0.3 is 0 Å². The fourth-order valence-electron chi connectivity index (χ4n) is 3.59. The van der Waals surface area contributed by atoms with Gasteiger partial charge in [-0.3, -0.25) is 9.10 Å². The molecule has 0 spiro atoms. The summed E-state index contributed by atoms with van der Waals surface area (Å²) in [5.74, 6) is -0.453. The quantitative estimate of drug-likeness (QED) is 0.524. The van der Waals surface area contributed by atoms with Crippen molar-refractivity contribution in [2.45, 2.75) is 64.2 Å². The predicted molar refractivity (Wildman–Crippen MR) is 125 cm³/mol. The van der Waals surface area contributed by atoms with Crippen molar-refractivity contribution < 1.29 is 13.2 Å². The van der Waals surface area contributed by atoms with Crippen molar-refractivity contribution in [3.05, 3.63) is 59.2 Å². The lowest BCUT2D eigenvalue weighted by Crippen LogP contribution is -2.39. The summed E-state index contributed by atoms with van der Waals surface area (Å²) in [6.45, 7) is 5.45. The molecule has 6 nitrogen and oxygen atoms in total. The van der Waals surface area contributed by atoms with E-state index in [0.29, 0.717) is 5.69 Å². The summed E-state index contributed by atoms with van der Waals surface area (Å²) in [7, 11) is -3.92. The van der Waals surface area contributed by atoms with Crippen LogP contribution in [0.25, 0.3) is 0 Å². The second-order valence-corrected chi connectivity index (χ2v) is 10.1. The normalized spacial score (nSPS) is 14.6. The Morgan fingerprint density at radius 3 is 2.19 bits per heavy atom. The number of benzene rings is 2. The van der Waals surface area contributed by atoms with Crippen molar-refractivity contribution in [3.8, 4) is 0 Å². The van der Waals surface area contributed by atoms with Gasteiger partial charge in [0.05, 0.1) is 10.6 Å². The highest BCUT2D eigenvalue weighted by Gasteiger charge is 2.27. The van der Waals surface area contributed by atoms with Crippen LogP contribution in [0.4, 0.5) is 5.69 Å². The molecule has 31 heavy (non-hydrogen) atoms. The molecular weight excluding hydrogens is 410 g/mol. The zero-order valence-electron chi connectivity index (χ0n) is 18.5. The van der Waals surface area contributed by atoms with Crippen LogP contribution in [0.3, 0.4) is 0 Å². The van der Waals surface area contributed by atoms with Crippen LogP contribution < -0.4 is 9.73 Å². The number of hydrogen-bond acceptors (Lipinski definition) is 4. The van der Waals surface area contributed by atoms with E-state index in [1.807, 2.05) is 26.8 Å². The summed E-state index contributed by atoms with van der Waals surface area (Å²) in [5, 5.41) is 4.28. The zero-order chi connectivity index (χ0) is 22.4. The van der Waals surface area contributed by atoms with Gasteiger partial charge in [-0.05, 0) is 81.8 Å². The molecule has 0 aliphatic heterocycles. The first-order valence-corrected chi connectivity index (χ1v) is 12.2. The molecule has 0 atom stereocenters. The van der Waals surface area contributed by atoms with Gasteiger partial charge in [-0.15, -0.1) is 0 Å². The maximum Gasteiger partial charge on any atom is 0.264 e. The predicted octanol–water partition coefficient (Wildman–Crippen LogP) is 4.63. The Bertz CT molecular complexity index is 1050. The molecule has 1 fully saturated rings. The molecule has 0 unspecified atom stereocenters. The lowest BCUT2D eigenvalue weighted by molar-refractivity contribution is -0.119. The maximum atomic E-state index is 13.4. The third-order valence-corrected chi connectivity index (χ3v) is 7.48.